The number of hydrogen-bond acceptors (Lipinski definition) is 6. The largest absolute Gasteiger partial charge is 0.491 e. The first-order valence-electron chi connectivity index (χ1n) is 6.21. The number of unbranched alkanes of at least 4 members (excludes halogenated alkanes) is 1. The molecule has 1 atom stereocenters. The van der Waals surface area contributed by atoms with Gasteiger partial charge in [-0.3, -0.25) is 0 Å². The molecule has 0 radical (unpaired) electrons. The highest BCUT2D eigenvalue weighted by Crippen LogP contribution is 2.23. The Morgan fingerprint density at radius 3 is 2.83 bits per heavy atom. The van der Waals surface area contributed by atoms with E-state index in [2.05, 4.69) is 27.5 Å². The van der Waals surface area contributed by atoms with Crippen LogP contribution in [0.25, 0.3) is 0 Å². The fourth-order valence-corrected chi connectivity index (χ4v) is 1.60. The predicted molar refractivity (Wildman–Crippen MR) is 72.2 cm³/mol. The zero-order valence-electron chi connectivity index (χ0n) is 11.2. The molecule has 0 saturated heterocycles. The second kappa shape index (κ2) is 7.71. The third-order valence-electron chi connectivity index (χ3n) is 2.67. The van der Waals surface area contributed by atoms with Crippen LogP contribution in [0.5, 0.6) is 5.75 Å². The lowest BCUT2D eigenvalue weighted by molar-refractivity contribution is 0.266. The number of ether oxygens (including phenoxy) is 1. The number of anilines is 2. The Morgan fingerprint density at radius 2 is 2.28 bits per heavy atom. The molecule has 0 aliphatic carbocycles. The van der Waals surface area contributed by atoms with Crippen LogP contribution in [-0.4, -0.2) is 41.9 Å². The van der Waals surface area contributed by atoms with E-state index in [1.54, 1.807) is 20.4 Å². The van der Waals surface area contributed by atoms with E-state index in [0.717, 1.165) is 19.3 Å². The van der Waals surface area contributed by atoms with Gasteiger partial charge in [-0.2, -0.15) is 4.98 Å². The fourth-order valence-electron chi connectivity index (χ4n) is 1.60. The van der Waals surface area contributed by atoms with Gasteiger partial charge >= 0.3 is 0 Å². The Kier molecular flexibility index (Phi) is 6.21. The third kappa shape index (κ3) is 4.03. The minimum atomic E-state index is -0.0153. The normalized spacial score (nSPS) is 12.0. The maximum atomic E-state index is 9.34. The number of nitrogens with one attached hydrogen (secondary N) is 2. The van der Waals surface area contributed by atoms with Gasteiger partial charge < -0.3 is 20.5 Å². The summed E-state index contributed by atoms with van der Waals surface area (Å²) in [6.45, 7) is 2.20. The number of aromatic nitrogens is 2. The lowest BCUT2D eigenvalue weighted by Crippen LogP contribution is -2.24. The summed E-state index contributed by atoms with van der Waals surface area (Å²) < 4.78 is 5.20. The van der Waals surface area contributed by atoms with Gasteiger partial charge in [0.1, 0.15) is 0 Å². The number of aliphatic hydroxyl groups excluding tert-OH is 1. The van der Waals surface area contributed by atoms with Crippen molar-refractivity contribution in [2.75, 3.05) is 31.4 Å². The highest BCUT2D eigenvalue weighted by molar-refractivity contribution is 5.52. The molecule has 6 nitrogen and oxygen atoms in total. The quantitative estimate of drug-likeness (QED) is 0.652. The van der Waals surface area contributed by atoms with Crippen LogP contribution < -0.4 is 15.4 Å². The second-order valence-electron chi connectivity index (χ2n) is 4.03. The van der Waals surface area contributed by atoms with Crippen molar-refractivity contribution in [2.24, 2.45) is 0 Å². The molecule has 0 aliphatic heterocycles. The van der Waals surface area contributed by atoms with Gasteiger partial charge in [0.2, 0.25) is 5.95 Å². The summed E-state index contributed by atoms with van der Waals surface area (Å²) in [6.07, 6.45) is 4.66. The Bertz CT molecular complexity index is 360. The average Bonchev–Trinajstić information content (AvgIpc) is 2.43. The molecule has 0 spiro atoms. The summed E-state index contributed by atoms with van der Waals surface area (Å²) >= 11 is 0. The van der Waals surface area contributed by atoms with Crippen LogP contribution >= 0.6 is 0 Å². The molecule has 0 fully saturated rings. The van der Waals surface area contributed by atoms with E-state index in [4.69, 9.17) is 4.74 Å². The standard InChI is InChI=1S/C12H22N4O2/c1-4-5-6-9(8-17)15-11-10(18-3)7-14-12(13-2)16-11/h7,9,17H,4-6,8H2,1-3H3,(H2,13,14,15,16)/t9-/m1/s1. The fraction of sp³-hybridized carbons (Fsp3) is 0.667. The minimum Gasteiger partial charge on any atom is -0.491 e. The van der Waals surface area contributed by atoms with E-state index in [1.807, 2.05) is 0 Å². The van der Waals surface area contributed by atoms with Gasteiger partial charge in [-0.15, -0.1) is 0 Å². The first kappa shape index (κ1) is 14.5. The van der Waals surface area contributed by atoms with Gasteiger partial charge in [-0.1, -0.05) is 19.8 Å². The van der Waals surface area contributed by atoms with Crippen LogP contribution in [0.1, 0.15) is 26.2 Å². The Balaban J connectivity index is 2.78. The summed E-state index contributed by atoms with van der Waals surface area (Å²) in [5.41, 5.74) is 0. The molecule has 0 bridgehead atoms. The molecule has 1 aromatic rings. The highest BCUT2D eigenvalue weighted by Gasteiger charge is 2.12. The van der Waals surface area contributed by atoms with Crippen LogP contribution in [0.15, 0.2) is 6.20 Å². The minimum absolute atomic E-state index is 0.0153. The van der Waals surface area contributed by atoms with Gasteiger partial charge in [-0.25, -0.2) is 4.98 Å². The molecule has 18 heavy (non-hydrogen) atoms. The van der Waals surface area contributed by atoms with Gasteiger partial charge in [0.15, 0.2) is 11.6 Å². The van der Waals surface area contributed by atoms with Crippen LogP contribution in [-0.2, 0) is 0 Å². The number of nitrogens with zero attached hydrogens (tertiary/aromatic N) is 2. The summed E-state index contributed by atoms with van der Waals surface area (Å²) in [5, 5.41) is 15.4. The summed E-state index contributed by atoms with van der Waals surface area (Å²) in [5.74, 6) is 1.70. The Morgan fingerprint density at radius 1 is 1.50 bits per heavy atom. The van der Waals surface area contributed by atoms with Gasteiger partial charge in [0, 0.05) is 7.05 Å². The summed E-state index contributed by atoms with van der Waals surface area (Å²) in [7, 11) is 3.33. The lowest BCUT2D eigenvalue weighted by Gasteiger charge is -2.18. The van der Waals surface area contributed by atoms with Gasteiger partial charge in [0.25, 0.3) is 0 Å². The number of rotatable bonds is 8. The number of methoxy groups -OCH3 is 1. The molecular formula is C12H22N4O2. The molecule has 1 rings (SSSR count). The molecule has 0 aliphatic rings. The topological polar surface area (TPSA) is 79.3 Å². The van der Waals surface area contributed by atoms with Crippen LogP contribution in [0.4, 0.5) is 11.8 Å². The van der Waals surface area contributed by atoms with E-state index in [0.29, 0.717) is 17.5 Å². The zero-order valence-corrected chi connectivity index (χ0v) is 11.2. The predicted octanol–water partition coefficient (Wildman–Crippen LogP) is 1.49. The molecule has 0 unspecified atom stereocenters. The lowest BCUT2D eigenvalue weighted by atomic mass is 10.1. The average molecular weight is 254 g/mol. The number of hydrogen-bond donors (Lipinski definition) is 3. The van der Waals surface area contributed by atoms with Gasteiger partial charge in [-0.05, 0) is 6.42 Å². The monoisotopic (exact) mass is 254 g/mol. The maximum absolute atomic E-state index is 9.34. The molecule has 0 amide bonds. The van der Waals surface area contributed by atoms with E-state index < -0.39 is 0 Å². The Labute approximate surface area is 108 Å². The number of aliphatic hydroxyl groups is 1. The van der Waals surface area contributed by atoms with Crippen LogP contribution in [0, 0.1) is 0 Å². The summed E-state index contributed by atoms with van der Waals surface area (Å²) in [4.78, 5) is 8.36. The van der Waals surface area contributed by atoms with Crippen molar-refractivity contribution in [3.63, 3.8) is 0 Å². The molecule has 0 saturated carbocycles. The molecule has 102 valence electrons. The van der Waals surface area contributed by atoms with Crippen molar-refractivity contribution in [2.45, 2.75) is 32.2 Å². The Hall–Kier alpha value is -1.56. The van der Waals surface area contributed by atoms with E-state index in [1.165, 1.54) is 0 Å². The van der Waals surface area contributed by atoms with Gasteiger partial charge in [0.05, 0.1) is 26.0 Å². The van der Waals surface area contributed by atoms with Crippen molar-refractivity contribution in [3.8, 4) is 5.75 Å². The van der Waals surface area contributed by atoms with Crippen LogP contribution in [0.2, 0.25) is 0 Å². The van der Waals surface area contributed by atoms with Crippen molar-refractivity contribution in [1.82, 2.24) is 9.97 Å². The third-order valence-corrected chi connectivity index (χ3v) is 2.67. The van der Waals surface area contributed by atoms with E-state index in [-0.39, 0.29) is 12.6 Å². The summed E-state index contributed by atoms with van der Waals surface area (Å²) in [6, 6.07) is -0.0153. The van der Waals surface area contributed by atoms with Crippen molar-refractivity contribution < 1.29 is 9.84 Å². The molecular weight excluding hydrogens is 232 g/mol. The van der Waals surface area contributed by atoms with Crippen molar-refractivity contribution in [1.29, 1.82) is 0 Å². The molecule has 1 heterocycles. The first-order chi connectivity index (χ1) is 8.74. The maximum Gasteiger partial charge on any atom is 0.224 e. The second-order valence-corrected chi connectivity index (χ2v) is 4.03. The highest BCUT2D eigenvalue weighted by atomic mass is 16.5. The van der Waals surface area contributed by atoms with Crippen molar-refractivity contribution >= 4 is 11.8 Å². The van der Waals surface area contributed by atoms with Crippen molar-refractivity contribution in [3.05, 3.63) is 6.20 Å². The van der Waals surface area contributed by atoms with E-state index >= 15 is 0 Å². The molecule has 0 aromatic carbocycles. The smallest absolute Gasteiger partial charge is 0.224 e. The zero-order chi connectivity index (χ0) is 13.4. The SMILES string of the molecule is CCCC[C@H](CO)Nc1nc(NC)ncc1OC. The first-order valence-corrected chi connectivity index (χ1v) is 6.21. The molecule has 1 aromatic heterocycles. The van der Waals surface area contributed by atoms with Crippen LogP contribution in [0.3, 0.4) is 0 Å². The molecule has 6 heteroatoms. The van der Waals surface area contributed by atoms with E-state index in [9.17, 15) is 5.11 Å². The molecule has 3 N–H and O–H groups in total.